The summed E-state index contributed by atoms with van der Waals surface area (Å²) in [6.07, 6.45) is 3.24. The molecule has 130 valence electrons. The van der Waals surface area contributed by atoms with Crippen LogP contribution < -0.4 is 10.0 Å². The number of aromatic nitrogens is 1. The van der Waals surface area contributed by atoms with Crippen LogP contribution in [0.3, 0.4) is 0 Å². The lowest BCUT2D eigenvalue weighted by Crippen LogP contribution is -2.13. The van der Waals surface area contributed by atoms with Crippen molar-refractivity contribution in [2.75, 3.05) is 30.3 Å². The van der Waals surface area contributed by atoms with Gasteiger partial charge in [0.15, 0.2) is 0 Å². The van der Waals surface area contributed by atoms with Crippen LogP contribution in [0.2, 0.25) is 0 Å². The van der Waals surface area contributed by atoms with Crippen molar-refractivity contribution in [1.82, 2.24) is 4.98 Å². The number of nitrogens with one attached hydrogen (secondary N) is 2. The molecule has 0 saturated carbocycles. The van der Waals surface area contributed by atoms with Crippen LogP contribution in [0.5, 0.6) is 0 Å². The normalized spacial score (nSPS) is 11.2. The largest absolute Gasteiger partial charge is 0.385 e. The molecule has 1 aromatic carbocycles. The van der Waals surface area contributed by atoms with E-state index in [4.69, 9.17) is 4.74 Å². The number of rotatable bonds is 9. The number of sulfonamides is 1. The fourth-order valence-corrected chi connectivity index (χ4v) is 3.15. The van der Waals surface area contributed by atoms with Gasteiger partial charge in [-0.1, -0.05) is 19.1 Å². The summed E-state index contributed by atoms with van der Waals surface area (Å²) in [4.78, 5) is 4.44. The third-order valence-corrected chi connectivity index (χ3v) is 4.89. The van der Waals surface area contributed by atoms with E-state index in [0.717, 1.165) is 24.9 Å². The van der Waals surface area contributed by atoms with Crippen LogP contribution in [-0.2, 0) is 21.2 Å². The summed E-state index contributed by atoms with van der Waals surface area (Å²) in [5.74, 6) is 0.696. The number of ether oxygens (including phenoxy) is 1. The second-order valence-electron chi connectivity index (χ2n) is 5.31. The van der Waals surface area contributed by atoms with E-state index in [2.05, 4.69) is 15.0 Å². The standard InChI is InChI=1S/C17H23N3O3S/c1-3-14-5-8-16(9-6-14)24(21,22)20-15-7-10-17(19-13-15)18-11-4-12-23-2/h5-10,13,20H,3-4,11-12H2,1-2H3,(H,18,19). The number of hydrogen-bond acceptors (Lipinski definition) is 5. The Hall–Kier alpha value is -2.12. The average molecular weight is 349 g/mol. The molecule has 24 heavy (non-hydrogen) atoms. The monoisotopic (exact) mass is 349 g/mol. The molecule has 7 heteroatoms. The lowest BCUT2D eigenvalue weighted by atomic mass is 10.2. The fourth-order valence-electron chi connectivity index (χ4n) is 2.11. The minimum absolute atomic E-state index is 0.237. The third kappa shape index (κ3) is 5.21. The predicted molar refractivity (Wildman–Crippen MR) is 95.8 cm³/mol. The van der Waals surface area contributed by atoms with E-state index in [-0.39, 0.29) is 4.90 Å². The fraction of sp³-hybridized carbons (Fsp3) is 0.353. The molecular weight excluding hydrogens is 326 g/mol. The smallest absolute Gasteiger partial charge is 0.261 e. The molecule has 2 rings (SSSR count). The molecule has 0 unspecified atom stereocenters. The van der Waals surface area contributed by atoms with E-state index in [0.29, 0.717) is 18.1 Å². The highest BCUT2D eigenvalue weighted by molar-refractivity contribution is 7.92. The predicted octanol–water partition coefficient (Wildman–Crippen LogP) is 2.89. The first-order chi connectivity index (χ1) is 11.5. The number of benzene rings is 1. The number of pyridine rings is 1. The summed E-state index contributed by atoms with van der Waals surface area (Å²) in [5, 5.41) is 3.15. The molecule has 2 aromatic rings. The number of nitrogens with zero attached hydrogens (tertiary/aromatic N) is 1. The Balaban J connectivity index is 1.98. The van der Waals surface area contributed by atoms with Gasteiger partial charge in [-0.25, -0.2) is 13.4 Å². The molecule has 1 aromatic heterocycles. The van der Waals surface area contributed by atoms with Crippen LogP contribution in [0.15, 0.2) is 47.5 Å². The van der Waals surface area contributed by atoms with Crippen LogP contribution >= 0.6 is 0 Å². The SMILES string of the molecule is CCc1ccc(S(=O)(=O)Nc2ccc(NCCCOC)nc2)cc1. The molecule has 0 fully saturated rings. The first kappa shape index (κ1) is 18.2. The topological polar surface area (TPSA) is 80.3 Å². The van der Waals surface area contributed by atoms with E-state index < -0.39 is 10.0 Å². The van der Waals surface area contributed by atoms with Crippen molar-refractivity contribution in [2.24, 2.45) is 0 Å². The summed E-state index contributed by atoms with van der Waals surface area (Å²) in [6, 6.07) is 10.3. The summed E-state index contributed by atoms with van der Waals surface area (Å²) in [6.45, 7) is 3.45. The van der Waals surface area contributed by atoms with Gasteiger partial charge in [-0.2, -0.15) is 0 Å². The van der Waals surface area contributed by atoms with Gasteiger partial charge in [0.2, 0.25) is 0 Å². The van der Waals surface area contributed by atoms with Gasteiger partial charge in [0, 0.05) is 20.3 Å². The Kier molecular flexibility index (Phi) is 6.57. The summed E-state index contributed by atoms with van der Waals surface area (Å²) in [5.41, 5.74) is 1.52. The Morgan fingerprint density at radius 3 is 2.46 bits per heavy atom. The number of methoxy groups -OCH3 is 1. The van der Waals surface area contributed by atoms with Crippen molar-refractivity contribution in [3.05, 3.63) is 48.2 Å². The van der Waals surface area contributed by atoms with E-state index in [1.54, 1.807) is 31.4 Å². The quantitative estimate of drug-likeness (QED) is 0.681. The van der Waals surface area contributed by atoms with E-state index in [1.165, 1.54) is 6.20 Å². The minimum Gasteiger partial charge on any atom is -0.385 e. The highest BCUT2D eigenvalue weighted by Gasteiger charge is 2.14. The van der Waals surface area contributed by atoms with Crippen molar-refractivity contribution in [3.63, 3.8) is 0 Å². The highest BCUT2D eigenvalue weighted by atomic mass is 32.2. The molecular formula is C17H23N3O3S. The van der Waals surface area contributed by atoms with Crippen LogP contribution in [0, 0.1) is 0 Å². The van der Waals surface area contributed by atoms with Crippen molar-refractivity contribution < 1.29 is 13.2 Å². The van der Waals surface area contributed by atoms with Gasteiger partial charge in [-0.05, 0) is 42.7 Å². The maximum Gasteiger partial charge on any atom is 0.261 e. The Bertz CT molecular complexity index is 729. The Morgan fingerprint density at radius 2 is 1.88 bits per heavy atom. The van der Waals surface area contributed by atoms with Crippen LogP contribution in [0.25, 0.3) is 0 Å². The van der Waals surface area contributed by atoms with Gasteiger partial charge < -0.3 is 10.1 Å². The van der Waals surface area contributed by atoms with Gasteiger partial charge in [0.25, 0.3) is 10.0 Å². The van der Waals surface area contributed by atoms with Crippen LogP contribution in [0.4, 0.5) is 11.5 Å². The molecule has 6 nitrogen and oxygen atoms in total. The molecule has 2 N–H and O–H groups in total. The first-order valence-electron chi connectivity index (χ1n) is 7.86. The Labute approximate surface area is 143 Å². The van der Waals surface area contributed by atoms with Gasteiger partial charge in [-0.3, -0.25) is 4.72 Å². The molecule has 0 atom stereocenters. The first-order valence-corrected chi connectivity index (χ1v) is 9.34. The van der Waals surface area contributed by atoms with Gasteiger partial charge >= 0.3 is 0 Å². The zero-order chi connectivity index (χ0) is 17.4. The number of hydrogen-bond donors (Lipinski definition) is 2. The van der Waals surface area contributed by atoms with Crippen molar-refractivity contribution in [2.45, 2.75) is 24.7 Å². The zero-order valence-corrected chi connectivity index (χ0v) is 14.8. The van der Waals surface area contributed by atoms with Crippen molar-refractivity contribution in [1.29, 1.82) is 0 Å². The lowest BCUT2D eigenvalue weighted by Gasteiger charge is -2.10. The Morgan fingerprint density at radius 1 is 1.12 bits per heavy atom. The van der Waals surface area contributed by atoms with Gasteiger partial charge in [0.05, 0.1) is 16.8 Å². The molecule has 0 radical (unpaired) electrons. The van der Waals surface area contributed by atoms with Gasteiger partial charge in [0.1, 0.15) is 5.82 Å². The maximum absolute atomic E-state index is 12.4. The van der Waals surface area contributed by atoms with Crippen molar-refractivity contribution >= 4 is 21.5 Å². The minimum atomic E-state index is -3.60. The molecule has 1 heterocycles. The highest BCUT2D eigenvalue weighted by Crippen LogP contribution is 2.17. The average Bonchev–Trinajstić information content (AvgIpc) is 2.60. The third-order valence-electron chi connectivity index (χ3n) is 3.49. The molecule has 0 aliphatic carbocycles. The summed E-state index contributed by atoms with van der Waals surface area (Å²) >= 11 is 0. The molecule has 0 bridgehead atoms. The van der Waals surface area contributed by atoms with Crippen LogP contribution in [0.1, 0.15) is 18.9 Å². The number of anilines is 2. The van der Waals surface area contributed by atoms with E-state index in [1.807, 2.05) is 19.1 Å². The van der Waals surface area contributed by atoms with Gasteiger partial charge in [-0.15, -0.1) is 0 Å². The molecule has 0 aliphatic heterocycles. The maximum atomic E-state index is 12.4. The molecule has 0 amide bonds. The second kappa shape index (κ2) is 8.65. The van der Waals surface area contributed by atoms with E-state index >= 15 is 0 Å². The molecule has 0 aliphatic rings. The summed E-state index contributed by atoms with van der Waals surface area (Å²) < 4.78 is 32.2. The second-order valence-corrected chi connectivity index (χ2v) is 6.99. The van der Waals surface area contributed by atoms with Crippen molar-refractivity contribution in [3.8, 4) is 0 Å². The molecule has 0 spiro atoms. The summed E-state index contributed by atoms with van der Waals surface area (Å²) in [7, 11) is -1.94. The van der Waals surface area contributed by atoms with Crippen LogP contribution in [-0.4, -0.2) is 33.7 Å². The zero-order valence-electron chi connectivity index (χ0n) is 14.0. The molecule has 0 saturated heterocycles. The van der Waals surface area contributed by atoms with E-state index in [9.17, 15) is 8.42 Å². The number of aryl methyl sites for hydroxylation is 1. The lowest BCUT2D eigenvalue weighted by molar-refractivity contribution is 0.198.